The third-order valence-electron chi connectivity index (χ3n) is 3.16. The zero-order valence-corrected chi connectivity index (χ0v) is 10.9. The molecule has 19 heavy (non-hydrogen) atoms. The molecule has 0 aromatic heterocycles. The summed E-state index contributed by atoms with van der Waals surface area (Å²) in [5.74, 6) is -0.567. The summed E-state index contributed by atoms with van der Waals surface area (Å²) in [6.07, 6.45) is 0.974. The molecular weight excluding hydrogens is 247 g/mol. The van der Waals surface area contributed by atoms with E-state index < -0.39 is 6.04 Å². The van der Waals surface area contributed by atoms with Crippen molar-refractivity contribution in [1.29, 1.82) is 0 Å². The number of carbonyl (C=O) groups excluding carboxylic acids is 2. The van der Waals surface area contributed by atoms with Gasteiger partial charge in [-0.15, -0.1) is 0 Å². The number of rotatable bonds is 5. The minimum absolute atomic E-state index is 0.122. The van der Waals surface area contributed by atoms with Gasteiger partial charge < -0.3 is 5.32 Å². The van der Waals surface area contributed by atoms with Gasteiger partial charge in [0.1, 0.15) is 5.82 Å². The molecule has 5 heteroatoms. The topological polar surface area (TPSA) is 49.4 Å². The average Bonchev–Trinajstić information content (AvgIpc) is 2.66. The highest BCUT2D eigenvalue weighted by Crippen LogP contribution is 2.14. The van der Waals surface area contributed by atoms with E-state index in [4.69, 9.17) is 0 Å². The Morgan fingerprint density at radius 2 is 2.00 bits per heavy atom. The van der Waals surface area contributed by atoms with Crippen molar-refractivity contribution in [3.63, 3.8) is 0 Å². The van der Waals surface area contributed by atoms with Gasteiger partial charge >= 0.3 is 0 Å². The second-order valence-electron chi connectivity index (χ2n) is 4.65. The molecule has 2 rings (SSSR count). The smallest absolute Gasteiger partial charge is 0.246 e. The summed E-state index contributed by atoms with van der Waals surface area (Å²) in [6.45, 7) is 2.86. The fourth-order valence-electron chi connectivity index (χ4n) is 2.14. The third kappa shape index (κ3) is 3.17. The lowest BCUT2D eigenvalue weighted by atomic mass is 10.2. The van der Waals surface area contributed by atoms with Gasteiger partial charge in [-0.05, 0) is 24.1 Å². The Morgan fingerprint density at radius 3 is 2.63 bits per heavy atom. The molecule has 0 bridgehead atoms. The van der Waals surface area contributed by atoms with Crippen LogP contribution >= 0.6 is 0 Å². The van der Waals surface area contributed by atoms with E-state index in [0.717, 1.165) is 12.0 Å². The van der Waals surface area contributed by atoms with Crippen molar-refractivity contribution >= 4 is 11.8 Å². The van der Waals surface area contributed by atoms with Crippen molar-refractivity contribution in [3.8, 4) is 0 Å². The fraction of sp³-hybridized carbons (Fsp3) is 0.429. The Bertz CT molecular complexity index is 473. The van der Waals surface area contributed by atoms with Gasteiger partial charge in [-0.25, -0.2) is 4.39 Å². The van der Waals surface area contributed by atoms with E-state index in [1.165, 1.54) is 17.0 Å². The maximum Gasteiger partial charge on any atom is 0.246 e. The number of amides is 2. The first-order chi connectivity index (χ1) is 9.11. The first-order valence-corrected chi connectivity index (χ1v) is 6.44. The molecule has 1 aliphatic rings. The highest BCUT2D eigenvalue weighted by atomic mass is 19.1. The molecule has 0 spiro atoms. The Hall–Kier alpha value is -1.75. The van der Waals surface area contributed by atoms with Gasteiger partial charge in [-0.1, -0.05) is 19.1 Å². The highest BCUT2D eigenvalue weighted by molar-refractivity contribution is 6.05. The van der Waals surface area contributed by atoms with Crippen LogP contribution in [0.15, 0.2) is 24.3 Å². The summed E-state index contributed by atoms with van der Waals surface area (Å²) < 4.78 is 12.8. The van der Waals surface area contributed by atoms with Gasteiger partial charge in [0.25, 0.3) is 0 Å². The lowest BCUT2D eigenvalue weighted by Crippen LogP contribution is -2.38. The van der Waals surface area contributed by atoms with Crippen LogP contribution in [0.5, 0.6) is 0 Å². The van der Waals surface area contributed by atoms with Gasteiger partial charge in [-0.3, -0.25) is 14.5 Å². The molecule has 1 heterocycles. The van der Waals surface area contributed by atoms with E-state index in [-0.39, 0.29) is 24.1 Å². The first kappa shape index (κ1) is 13.7. The monoisotopic (exact) mass is 264 g/mol. The normalized spacial score (nSPS) is 19.3. The molecule has 0 aliphatic carbocycles. The molecular formula is C14H17FN2O2. The standard InChI is InChI=1S/C14H17FN2O2/c1-2-7-17-13(18)8-12(14(17)19)16-9-10-3-5-11(15)6-4-10/h3-6,12,16H,2,7-9H2,1H3. The average molecular weight is 264 g/mol. The molecule has 0 radical (unpaired) electrons. The van der Waals surface area contributed by atoms with Gasteiger partial charge in [-0.2, -0.15) is 0 Å². The zero-order valence-electron chi connectivity index (χ0n) is 10.9. The maximum atomic E-state index is 12.8. The van der Waals surface area contributed by atoms with E-state index in [1.807, 2.05) is 6.92 Å². The number of benzene rings is 1. The molecule has 4 nitrogen and oxygen atoms in total. The maximum absolute atomic E-state index is 12.8. The number of halogens is 1. The van der Waals surface area contributed by atoms with Crippen molar-refractivity contribution in [3.05, 3.63) is 35.6 Å². The van der Waals surface area contributed by atoms with Crippen LogP contribution in [-0.4, -0.2) is 29.3 Å². The second kappa shape index (κ2) is 5.93. The molecule has 1 aromatic rings. The SMILES string of the molecule is CCCN1C(=O)CC(NCc2ccc(F)cc2)C1=O. The Kier molecular flexibility index (Phi) is 4.27. The van der Waals surface area contributed by atoms with Gasteiger partial charge in [0.15, 0.2) is 0 Å². The Labute approximate surface area is 111 Å². The zero-order chi connectivity index (χ0) is 13.8. The number of carbonyl (C=O) groups is 2. The number of imide groups is 1. The molecule has 1 fully saturated rings. The van der Waals surface area contributed by atoms with E-state index in [9.17, 15) is 14.0 Å². The van der Waals surface area contributed by atoms with Crippen LogP contribution in [0.3, 0.4) is 0 Å². The molecule has 1 unspecified atom stereocenters. The molecule has 1 saturated heterocycles. The molecule has 0 saturated carbocycles. The van der Waals surface area contributed by atoms with E-state index in [0.29, 0.717) is 13.1 Å². The quantitative estimate of drug-likeness (QED) is 0.819. The summed E-state index contributed by atoms with van der Waals surface area (Å²) in [4.78, 5) is 24.9. The molecule has 1 atom stereocenters. The van der Waals surface area contributed by atoms with Crippen LogP contribution in [0.25, 0.3) is 0 Å². The molecule has 1 aromatic carbocycles. The summed E-state index contributed by atoms with van der Waals surface area (Å²) >= 11 is 0. The summed E-state index contributed by atoms with van der Waals surface area (Å²) in [5, 5.41) is 3.05. The number of nitrogens with one attached hydrogen (secondary N) is 1. The highest BCUT2D eigenvalue weighted by Gasteiger charge is 2.37. The molecule has 102 valence electrons. The number of hydrogen-bond donors (Lipinski definition) is 1. The summed E-state index contributed by atoms with van der Waals surface area (Å²) in [6, 6.07) is 5.62. The largest absolute Gasteiger partial charge is 0.301 e. The summed E-state index contributed by atoms with van der Waals surface area (Å²) in [7, 11) is 0. The Balaban J connectivity index is 1.92. The minimum Gasteiger partial charge on any atom is -0.301 e. The third-order valence-corrected chi connectivity index (χ3v) is 3.16. The van der Waals surface area contributed by atoms with Crippen LogP contribution in [-0.2, 0) is 16.1 Å². The van der Waals surface area contributed by atoms with Crippen LogP contribution < -0.4 is 5.32 Å². The number of likely N-dealkylation sites (tertiary alicyclic amines) is 1. The van der Waals surface area contributed by atoms with Gasteiger partial charge in [0.2, 0.25) is 11.8 Å². The lowest BCUT2D eigenvalue weighted by molar-refractivity contribution is -0.138. The Morgan fingerprint density at radius 1 is 1.32 bits per heavy atom. The van der Waals surface area contributed by atoms with Crippen LogP contribution in [0, 0.1) is 5.82 Å². The van der Waals surface area contributed by atoms with Crippen molar-refractivity contribution < 1.29 is 14.0 Å². The van der Waals surface area contributed by atoms with Crippen LogP contribution in [0.1, 0.15) is 25.3 Å². The second-order valence-corrected chi connectivity index (χ2v) is 4.65. The minimum atomic E-state index is -0.455. The number of nitrogens with zero attached hydrogens (tertiary/aromatic N) is 1. The van der Waals surface area contributed by atoms with Crippen LogP contribution in [0.2, 0.25) is 0 Å². The van der Waals surface area contributed by atoms with Crippen molar-refractivity contribution in [2.75, 3.05) is 6.54 Å². The van der Waals surface area contributed by atoms with Crippen molar-refractivity contribution in [2.24, 2.45) is 0 Å². The van der Waals surface area contributed by atoms with Crippen LogP contribution in [0.4, 0.5) is 4.39 Å². The fourth-order valence-corrected chi connectivity index (χ4v) is 2.14. The van der Waals surface area contributed by atoms with E-state index in [1.54, 1.807) is 12.1 Å². The molecule has 2 amide bonds. The van der Waals surface area contributed by atoms with Crippen molar-refractivity contribution in [1.82, 2.24) is 10.2 Å². The predicted octanol–water partition coefficient (Wildman–Crippen LogP) is 1.45. The molecule has 1 N–H and O–H groups in total. The predicted molar refractivity (Wildman–Crippen MR) is 68.7 cm³/mol. The summed E-state index contributed by atoms with van der Waals surface area (Å²) in [5.41, 5.74) is 0.885. The first-order valence-electron chi connectivity index (χ1n) is 6.44. The number of hydrogen-bond acceptors (Lipinski definition) is 3. The van der Waals surface area contributed by atoms with E-state index in [2.05, 4.69) is 5.32 Å². The molecule has 1 aliphatic heterocycles. The van der Waals surface area contributed by atoms with E-state index >= 15 is 0 Å². The van der Waals surface area contributed by atoms with Crippen molar-refractivity contribution in [2.45, 2.75) is 32.4 Å². The van der Waals surface area contributed by atoms with Gasteiger partial charge in [0.05, 0.1) is 12.5 Å². The lowest BCUT2D eigenvalue weighted by Gasteiger charge is -2.14. The van der Waals surface area contributed by atoms with Gasteiger partial charge in [0, 0.05) is 13.1 Å².